The standard InChI is InChI=1S/C30H28F4/c1-2-3-4-20-5-10-23(28(32)18-20)11-6-21-8-15-26-25(17-21)14-13-24(30(26)34)12-7-22-9-16-27(31)29(33)19-22/h5,8-10,13-19H,2-4,6-7,11-12H2,1H3. The summed E-state index contributed by atoms with van der Waals surface area (Å²) in [7, 11) is 0. The van der Waals surface area contributed by atoms with Gasteiger partial charge in [-0.05, 0) is 89.9 Å². The second kappa shape index (κ2) is 10.9. The Morgan fingerprint density at radius 2 is 1.15 bits per heavy atom. The van der Waals surface area contributed by atoms with Crippen LogP contribution in [-0.4, -0.2) is 0 Å². The van der Waals surface area contributed by atoms with Crippen LogP contribution in [0, 0.1) is 23.3 Å². The molecule has 0 spiro atoms. The average Bonchev–Trinajstić information content (AvgIpc) is 2.83. The molecule has 0 fully saturated rings. The van der Waals surface area contributed by atoms with Crippen molar-refractivity contribution in [2.24, 2.45) is 0 Å². The Labute approximate surface area is 198 Å². The van der Waals surface area contributed by atoms with Crippen LogP contribution in [0.1, 0.15) is 47.6 Å². The lowest BCUT2D eigenvalue weighted by molar-refractivity contribution is 0.507. The molecule has 0 nitrogen and oxygen atoms in total. The quantitative estimate of drug-likeness (QED) is 0.219. The molecule has 0 aliphatic heterocycles. The number of benzene rings is 4. The van der Waals surface area contributed by atoms with E-state index in [-0.39, 0.29) is 11.6 Å². The highest BCUT2D eigenvalue weighted by molar-refractivity contribution is 5.84. The van der Waals surface area contributed by atoms with E-state index in [0.29, 0.717) is 47.8 Å². The maximum atomic E-state index is 15.1. The normalized spacial score (nSPS) is 11.3. The molecule has 0 saturated heterocycles. The number of aryl methyl sites for hydroxylation is 5. The number of halogens is 4. The Morgan fingerprint density at radius 1 is 0.529 bits per heavy atom. The largest absolute Gasteiger partial charge is 0.207 e. The Kier molecular flexibility index (Phi) is 7.66. The second-order valence-corrected chi connectivity index (χ2v) is 8.87. The van der Waals surface area contributed by atoms with E-state index in [2.05, 4.69) is 6.92 Å². The van der Waals surface area contributed by atoms with E-state index >= 15 is 4.39 Å². The van der Waals surface area contributed by atoms with Crippen LogP contribution in [0.5, 0.6) is 0 Å². The van der Waals surface area contributed by atoms with Crippen molar-refractivity contribution in [2.45, 2.75) is 51.9 Å². The van der Waals surface area contributed by atoms with E-state index in [0.717, 1.165) is 47.9 Å². The van der Waals surface area contributed by atoms with Gasteiger partial charge in [-0.2, -0.15) is 0 Å². The fourth-order valence-corrected chi connectivity index (χ4v) is 4.32. The fraction of sp³-hybridized carbons (Fsp3) is 0.267. The van der Waals surface area contributed by atoms with Crippen LogP contribution in [0.25, 0.3) is 10.8 Å². The highest BCUT2D eigenvalue weighted by Gasteiger charge is 2.11. The molecule has 4 rings (SSSR count). The Morgan fingerprint density at radius 3 is 1.88 bits per heavy atom. The molecule has 4 aromatic carbocycles. The molecule has 0 bridgehead atoms. The van der Waals surface area contributed by atoms with Crippen LogP contribution in [0.15, 0.2) is 66.7 Å². The van der Waals surface area contributed by atoms with Crippen LogP contribution in [-0.2, 0) is 32.1 Å². The van der Waals surface area contributed by atoms with Gasteiger partial charge in [0, 0.05) is 5.39 Å². The van der Waals surface area contributed by atoms with E-state index in [1.54, 1.807) is 18.2 Å². The van der Waals surface area contributed by atoms with Crippen LogP contribution in [0.2, 0.25) is 0 Å². The molecule has 0 heterocycles. The molecule has 4 heteroatoms. The molecular weight excluding hydrogens is 436 g/mol. The van der Waals surface area contributed by atoms with Gasteiger partial charge in [-0.15, -0.1) is 0 Å². The van der Waals surface area contributed by atoms with Crippen LogP contribution in [0.4, 0.5) is 17.6 Å². The summed E-state index contributed by atoms with van der Waals surface area (Å²) >= 11 is 0. The van der Waals surface area contributed by atoms with Crippen LogP contribution in [0.3, 0.4) is 0 Å². The zero-order valence-corrected chi connectivity index (χ0v) is 19.3. The van der Waals surface area contributed by atoms with Gasteiger partial charge in [0.05, 0.1) is 0 Å². The average molecular weight is 465 g/mol. The van der Waals surface area contributed by atoms with Crippen molar-refractivity contribution in [1.82, 2.24) is 0 Å². The van der Waals surface area contributed by atoms with E-state index in [4.69, 9.17) is 0 Å². The van der Waals surface area contributed by atoms with Crippen molar-refractivity contribution >= 4 is 10.8 Å². The van der Waals surface area contributed by atoms with Crippen LogP contribution >= 0.6 is 0 Å². The number of fused-ring (bicyclic) bond motifs is 1. The number of rotatable bonds is 9. The van der Waals surface area contributed by atoms with Crippen LogP contribution < -0.4 is 0 Å². The lowest BCUT2D eigenvalue weighted by Crippen LogP contribution is -1.99. The number of hydrogen-bond acceptors (Lipinski definition) is 0. The summed E-state index contributed by atoms with van der Waals surface area (Å²) in [4.78, 5) is 0. The van der Waals surface area contributed by atoms with Crippen molar-refractivity contribution in [3.8, 4) is 0 Å². The summed E-state index contributed by atoms with van der Waals surface area (Å²) in [5, 5.41) is 1.32. The van der Waals surface area contributed by atoms with Crippen molar-refractivity contribution in [3.05, 3.63) is 118 Å². The first-order chi connectivity index (χ1) is 16.4. The van der Waals surface area contributed by atoms with E-state index in [1.807, 2.05) is 30.3 Å². The third-order valence-corrected chi connectivity index (χ3v) is 6.38. The molecule has 0 saturated carbocycles. The smallest absolute Gasteiger partial charge is 0.159 e. The molecule has 0 radical (unpaired) electrons. The molecule has 0 amide bonds. The van der Waals surface area contributed by atoms with Crippen molar-refractivity contribution in [1.29, 1.82) is 0 Å². The molecule has 0 aromatic heterocycles. The van der Waals surface area contributed by atoms with Gasteiger partial charge in [-0.1, -0.05) is 61.9 Å². The third kappa shape index (κ3) is 5.67. The van der Waals surface area contributed by atoms with E-state index < -0.39 is 11.6 Å². The first kappa shape index (κ1) is 24.0. The maximum absolute atomic E-state index is 15.1. The monoisotopic (exact) mass is 464 g/mol. The highest BCUT2D eigenvalue weighted by Crippen LogP contribution is 2.25. The summed E-state index contributed by atoms with van der Waals surface area (Å²) in [6.45, 7) is 2.12. The number of hydrogen-bond donors (Lipinski definition) is 0. The summed E-state index contributed by atoms with van der Waals surface area (Å²) < 4.78 is 56.1. The van der Waals surface area contributed by atoms with Gasteiger partial charge in [-0.3, -0.25) is 0 Å². The number of unbranched alkanes of at least 4 members (excludes halogenated alkanes) is 1. The van der Waals surface area contributed by atoms with Crippen molar-refractivity contribution in [2.75, 3.05) is 0 Å². The Hall–Kier alpha value is -3.14. The Bertz CT molecular complexity index is 1290. The molecule has 4 aromatic rings. The first-order valence-electron chi connectivity index (χ1n) is 11.9. The fourth-order valence-electron chi connectivity index (χ4n) is 4.32. The molecule has 0 N–H and O–H groups in total. The topological polar surface area (TPSA) is 0 Å². The van der Waals surface area contributed by atoms with Gasteiger partial charge in [0.1, 0.15) is 11.6 Å². The third-order valence-electron chi connectivity index (χ3n) is 6.38. The maximum Gasteiger partial charge on any atom is 0.159 e. The molecule has 176 valence electrons. The van der Waals surface area contributed by atoms with Gasteiger partial charge in [0.25, 0.3) is 0 Å². The summed E-state index contributed by atoms with van der Waals surface area (Å²) in [6, 6.07) is 18.5. The minimum absolute atomic E-state index is 0.161. The van der Waals surface area contributed by atoms with Gasteiger partial charge >= 0.3 is 0 Å². The van der Waals surface area contributed by atoms with Gasteiger partial charge in [0.15, 0.2) is 11.6 Å². The first-order valence-corrected chi connectivity index (χ1v) is 11.9. The zero-order chi connectivity index (χ0) is 24.1. The SMILES string of the molecule is CCCCc1ccc(CCc2ccc3c(F)c(CCc4ccc(F)c(F)c4)ccc3c2)c(F)c1. The zero-order valence-electron chi connectivity index (χ0n) is 19.3. The summed E-state index contributed by atoms with van der Waals surface area (Å²) in [6.07, 6.45) is 5.09. The molecule has 0 unspecified atom stereocenters. The predicted octanol–water partition coefficient (Wildman–Crippen LogP) is 8.31. The molecule has 34 heavy (non-hydrogen) atoms. The predicted molar refractivity (Wildman–Crippen MR) is 130 cm³/mol. The minimum atomic E-state index is -0.892. The molecule has 0 aliphatic carbocycles. The lowest BCUT2D eigenvalue weighted by atomic mass is 9.97. The summed E-state index contributed by atoms with van der Waals surface area (Å²) in [5.41, 5.74) is 3.91. The van der Waals surface area contributed by atoms with E-state index in [1.165, 1.54) is 6.07 Å². The van der Waals surface area contributed by atoms with Gasteiger partial charge in [0.2, 0.25) is 0 Å². The second-order valence-electron chi connectivity index (χ2n) is 8.87. The molecular formula is C30H28F4. The van der Waals surface area contributed by atoms with Crippen molar-refractivity contribution in [3.63, 3.8) is 0 Å². The lowest BCUT2D eigenvalue weighted by Gasteiger charge is -2.10. The minimum Gasteiger partial charge on any atom is -0.207 e. The van der Waals surface area contributed by atoms with E-state index in [9.17, 15) is 13.2 Å². The van der Waals surface area contributed by atoms with Crippen molar-refractivity contribution < 1.29 is 17.6 Å². The highest BCUT2D eigenvalue weighted by atomic mass is 19.2. The molecule has 0 aliphatic rings. The van der Waals surface area contributed by atoms with Gasteiger partial charge < -0.3 is 0 Å². The Balaban J connectivity index is 1.43. The summed E-state index contributed by atoms with van der Waals surface area (Å²) in [5.74, 6) is -2.23. The molecule has 0 atom stereocenters. The van der Waals surface area contributed by atoms with Gasteiger partial charge in [-0.25, -0.2) is 17.6 Å².